The molecule has 0 saturated heterocycles. The zero-order chi connectivity index (χ0) is 11.1. The first-order valence-corrected chi connectivity index (χ1v) is 7.07. The zero-order valence-corrected chi connectivity index (χ0v) is 9.72. The van der Waals surface area contributed by atoms with E-state index >= 15 is 0 Å². The fraction of sp³-hybridized carbons (Fsp3) is 0.900. The summed E-state index contributed by atoms with van der Waals surface area (Å²) in [5.41, 5.74) is 0. The Morgan fingerprint density at radius 1 is 1.27 bits per heavy atom. The molecule has 15 heavy (non-hydrogen) atoms. The second-order valence-corrected chi connectivity index (χ2v) is 6.01. The van der Waals surface area contributed by atoms with Crippen molar-refractivity contribution in [3.63, 3.8) is 0 Å². The number of rotatable bonds is 6. The van der Waals surface area contributed by atoms with Gasteiger partial charge in [0.2, 0.25) is 10.0 Å². The molecule has 0 aromatic rings. The summed E-state index contributed by atoms with van der Waals surface area (Å²) in [5.74, 6) is 0. The Bertz CT molecular complexity index is 313. The molecule has 0 bridgehead atoms. The van der Waals surface area contributed by atoms with Crippen LogP contribution in [0.1, 0.15) is 44.9 Å². The first-order chi connectivity index (χ1) is 7.17. The molecule has 1 aliphatic rings. The average Bonchev–Trinajstić information content (AvgIpc) is 2.70. The van der Waals surface area contributed by atoms with Crippen molar-refractivity contribution >= 4 is 10.0 Å². The second-order valence-electron chi connectivity index (χ2n) is 3.96. The minimum Gasteiger partial charge on any atom is -0.215 e. The second kappa shape index (κ2) is 6.09. The maximum atomic E-state index is 11.7. The fourth-order valence-electron chi connectivity index (χ4n) is 1.86. The summed E-state index contributed by atoms with van der Waals surface area (Å²) in [6, 6.07) is 2.04. The Hall–Kier alpha value is -0.600. The Kier molecular flexibility index (Phi) is 5.06. The van der Waals surface area contributed by atoms with Crippen LogP contribution >= 0.6 is 0 Å². The van der Waals surface area contributed by atoms with E-state index in [1.54, 1.807) is 0 Å². The summed E-state index contributed by atoms with van der Waals surface area (Å²) in [4.78, 5) is 0. The minimum atomic E-state index is -3.08. The summed E-state index contributed by atoms with van der Waals surface area (Å²) in [7, 11) is -3.08. The van der Waals surface area contributed by atoms with E-state index in [0.29, 0.717) is 13.0 Å². The van der Waals surface area contributed by atoms with Gasteiger partial charge in [-0.15, -0.1) is 0 Å². The Balaban J connectivity index is 2.22. The number of sulfonamides is 1. The number of nitrogens with one attached hydrogen (secondary N) is 1. The molecule has 1 aliphatic carbocycles. The van der Waals surface area contributed by atoms with Crippen molar-refractivity contribution < 1.29 is 8.42 Å². The van der Waals surface area contributed by atoms with Crippen molar-refractivity contribution in [3.05, 3.63) is 0 Å². The molecule has 0 unspecified atom stereocenters. The molecule has 5 heteroatoms. The van der Waals surface area contributed by atoms with Gasteiger partial charge in [-0.2, -0.15) is 5.26 Å². The number of nitriles is 1. The van der Waals surface area contributed by atoms with Gasteiger partial charge in [0, 0.05) is 13.0 Å². The van der Waals surface area contributed by atoms with Crippen LogP contribution in [0, 0.1) is 11.3 Å². The van der Waals surface area contributed by atoms with Gasteiger partial charge in [-0.05, 0) is 25.7 Å². The third-order valence-electron chi connectivity index (χ3n) is 2.76. The highest BCUT2D eigenvalue weighted by atomic mass is 32.2. The van der Waals surface area contributed by atoms with Gasteiger partial charge in [0.05, 0.1) is 11.3 Å². The molecule has 4 nitrogen and oxygen atoms in total. The lowest BCUT2D eigenvalue weighted by atomic mass is 10.2. The molecule has 0 radical (unpaired) electrons. The summed E-state index contributed by atoms with van der Waals surface area (Å²) < 4.78 is 26.0. The maximum absolute atomic E-state index is 11.7. The van der Waals surface area contributed by atoms with Crippen LogP contribution in [0.15, 0.2) is 0 Å². The van der Waals surface area contributed by atoms with E-state index in [4.69, 9.17) is 5.26 Å². The maximum Gasteiger partial charge on any atom is 0.214 e. The lowest BCUT2D eigenvalue weighted by Crippen LogP contribution is -2.33. The van der Waals surface area contributed by atoms with E-state index in [9.17, 15) is 8.42 Å². The van der Waals surface area contributed by atoms with E-state index in [1.807, 2.05) is 6.07 Å². The molecule has 1 fully saturated rings. The smallest absolute Gasteiger partial charge is 0.214 e. The Morgan fingerprint density at radius 3 is 2.53 bits per heavy atom. The zero-order valence-electron chi connectivity index (χ0n) is 8.91. The van der Waals surface area contributed by atoms with E-state index in [1.165, 1.54) is 0 Å². The minimum absolute atomic E-state index is 0.173. The van der Waals surface area contributed by atoms with Crippen molar-refractivity contribution in [2.24, 2.45) is 0 Å². The topological polar surface area (TPSA) is 70.0 Å². The Labute approximate surface area is 91.7 Å². The van der Waals surface area contributed by atoms with Crippen molar-refractivity contribution in [1.82, 2.24) is 4.72 Å². The van der Waals surface area contributed by atoms with E-state index in [-0.39, 0.29) is 5.25 Å². The SMILES string of the molecule is N#CCCCCNS(=O)(=O)C1CCCC1. The highest BCUT2D eigenvalue weighted by molar-refractivity contribution is 7.90. The third kappa shape index (κ3) is 4.18. The number of hydrogen-bond acceptors (Lipinski definition) is 3. The number of hydrogen-bond donors (Lipinski definition) is 1. The van der Waals surface area contributed by atoms with Gasteiger partial charge in [-0.1, -0.05) is 12.8 Å². The highest BCUT2D eigenvalue weighted by Gasteiger charge is 2.27. The monoisotopic (exact) mass is 230 g/mol. The quantitative estimate of drug-likeness (QED) is 0.704. The van der Waals surface area contributed by atoms with Gasteiger partial charge in [-0.3, -0.25) is 0 Å². The molecule has 86 valence electrons. The number of unbranched alkanes of at least 4 members (excludes halogenated alkanes) is 2. The summed E-state index contributed by atoms with van der Waals surface area (Å²) in [6.07, 6.45) is 5.68. The molecule has 0 aromatic heterocycles. The van der Waals surface area contributed by atoms with Gasteiger partial charge in [0.25, 0.3) is 0 Å². The van der Waals surface area contributed by atoms with Crippen LogP contribution in [0.4, 0.5) is 0 Å². The van der Waals surface area contributed by atoms with Gasteiger partial charge < -0.3 is 0 Å². The summed E-state index contributed by atoms with van der Waals surface area (Å²) >= 11 is 0. The van der Waals surface area contributed by atoms with Gasteiger partial charge in [0.1, 0.15) is 0 Å². The summed E-state index contributed by atoms with van der Waals surface area (Å²) in [5, 5.41) is 8.14. The molecule has 0 aliphatic heterocycles. The standard InChI is InChI=1S/C10H18N2O2S/c11-8-4-1-5-9-12-15(13,14)10-6-2-3-7-10/h10,12H,1-7,9H2. The predicted octanol–water partition coefficient (Wildman–Crippen LogP) is 1.54. The average molecular weight is 230 g/mol. The van der Waals surface area contributed by atoms with E-state index < -0.39 is 10.0 Å². The van der Waals surface area contributed by atoms with Crippen LogP contribution in [-0.2, 0) is 10.0 Å². The summed E-state index contributed by atoms with van der Waals surface area (Å²) in [6.45, 7) is 0.473. The first kappa shape index (κ1) is 12.5. The predicted molar refractivity (Wildman–Crippen MR) is 58.6 cm³/mol. The molecule has 1 N–H and O–H groups in total. The van der Waals surface area contributed by atoms with Crippen LogP contribution < -0.4 is 4.72 Å². The number of nitrogens with zero attached hydrogens (tertiary/aromatic N) is 1. The van der Waals surface area contributed by atoms with Crippen LogP contribution in [0.25, 0.3) is 0 Å². The fourth-order valence-corrected chi connectivity index (χ4v) is 3.48. The van der Waals surface area contributed by atoms with Crippen LogP contribution in [0.3, 0.4) is 0 Å². The first-order valence-electron chi connectivity index (χ1n) is 5.52. The molecule has 0 spiro atoms. The molecular weight excluding hydrogens is 212 g/mol. The molecule has 0 amide bonds. The Morgan fingerprint density at radius 2 is 1.93 bits per heavy atom. The van der Waals surface area contributed by atoms with E-state index in [2.05, 4.69) is 4.72 Å². The van der Waals surface area contributed by atoms with Crippen molar-refractivity contribution in [3.8, 4) is 6.07 Å². The van der Waals surface area contributed by atoms with Crippen LogP contribution in [0.2, 0.25) is 0 Å². The van der Waals surface area contributed by atoms with Gasteiger partial charge in [-0.25, -0.2) is 13.1 Å². The van der Waals surface area contributed by atoms with E-state index in [0.717, 1.165) is 38.5 Å². The highest BCUT2D eigenvalue weighted by Crippen LogP contribution is 2.23. The van der Waals surface area contributed by atoms with Crippen LogP contribution in [0.5, 0.6) is 0 Å². The molecule has 0 heterocycles. The molecule has 1 saturated carbocycles. The molecule has 0 atom stereocenters. The normalized spacial score (nSPS) is 17.8. The lowest BCUT2D eigenvalue weighted by Gasteiger charge is -2.11. The van der Waals surface area contributed by atoms with Crippen molar-refractivity contribution in [1.29, 1.82) is 5.26 Å². The van der Waals surface area contributed by atoms with Gasteiger partial charge in [0.15, 0.2) is 0 Å². The largest absolute Gasteiger partial charge is 0.215 e. The van der Waals surface area contributed by atoms with Crippen molar-refractivity contribution in [2.45, 2.75) is 50.2 Å². The van der Waals surface area contributed by atoms with Crippen molar-refractivity contribution in [2.75, 3.05) is 6.54 Å². The molecule has 0 aromatic carbocycles. The van der Waals surface area contributed by atoms with Crippen LogP contribution in [-0.4, -0.2) is 20.2 Å². The lowest BCUT2D eigenvalue weighted by molar-refractivity contribution is 0.561. The molecular formula is C10H18N2O2S. The van der Waals surface area contributed by atoms with Gasteiger partial charge >= 0.3 is 0 Å². The molecule has 1 rings (SSSR count). The third-order valence-corrected chi connectivity index (χ3v) is 4.72.